The molecule has 1 amide bonds. The van der Waals surface area contributed by atoms with E-state index in [9.17, 15) is 9.59 Å². The van der Waals surface area contributed by atoms with Gasteiger partial charge < -0.3 is 5.32 Å². The van der Waals surface area contributed by atoms with E-state index in [1.165, 1.54) is 10.7 Å². The van der Waals surface area contributed by atoms with Crippen LogP contribution in [0.5, 0.6) is 0 Å². The van der Waals surface area contributed by atoms with E-state index < -0.39 is 6.04 Å². The minimum absolute atomic E-state index is 0.326. The van der Waals surface area contributed by atoms with Crippen LogP contribution in [-0.4, -0.2) is 25.1 Å². The molecule has 1 atom stereocenters. The Morgan fingerprint density at radius 3 is 2.62 bits per heavy atom. The Morgan fingerprint density at radius 1 is 1.00 bits per heavy atom. The maximum atomic E-state index is 12.9. The first-order chi connectivity index (χ1) is 15.6. The van der Waals surface area contributed by atoms with Gasteiger partial charge in [0.05, 0.1) is 11.4 Å². The molecule has 8 heteroatoms. The number of aromatic nitrogens is 4. The second-order valence-corrected chi connectivity index (χ2v) is 8.21. The number of imidazole rings is 1. The number of benzene rings is 2. The van der Waals surface area contributed by atoms with E-state index in [0.29, 0.717) is 11.4 Å². The highest BCUT2D eigenvalue weighted by Crippen LogP contribution is 2.24. The van der Waals surface area contributed by atoms with Crippen LogP contribution in [0.1, 0.15) is 13.0 Å². The Morgan fingerprint density at radius 2 is 1.81 bits per heavy atom. The van der Waals surface area contributed by atoms with Crippen LogP contribution in [0.25, 0.3) is 27.5 Å². The number of amides is 1. The molecule has 7 nitrogen and oxygen atoms in total. The lowest BCUT2D eigenvalue weighted by atomic mass is 10.1. The highest BCUT2D eigenvalue weighted by Gasteiger charge is 2.18. The van der Waals surface area contributed by atoms with Crippen LogP contribution < -0.4 is 10.9 Å². The van der Waals surface area contributed by atoms with Gasteiger partial charge in [0.25, 0.3) is 5.56 Å². The van der Waals surface area contributed by atoms with Gasteiger partial charge in [-0.15, -0.1) is 11.3 Å². The average Bonchev–Trinajstić information content (AvgIpc) is 3.42. The summed E-state index contributed by atoms with van der Waals surface area (Å²) in [4.78, 5) is 30.9. The number of fused-ring (bicyclic) bond motifs is 1. The number of nitrogens with one attached hydrogen (secondary N) is 1. The number of thiazole rings is 1. The highest BCUT2D eigenvalue weighted by molar-refractivity contribution is 7.15. The van der Waals surface area contributed by atoms with E-state index in [1.54, 1.807) is 24.3 Å². The highest BCUT2D eigenvalue weighted by atomic mass is 32.1. The fraction of sp³-hybridized carbons (Fsp3) is 0.0833. The van der Waals surface area contributed by atoms with Crippen molar-refractivity contribution in [2.45, 2.75) is 13.0 Å². The fourth-order valence-electron chi connectivity index (χ4n) is 3.45. The zero-order valence-electron chi connectivity index (χ0n) is 17.2. The topological polar surface area (TPSA) is 81.3 Å². The molecular weight excluding hydrogens is 422 g/mol. The zero-order valence-corrected chi connectivity index (χ0v) is 18.0. The Labute approximate surface area is 187 Å². The fourth-order valence-corrected chi connectivity index (χ4v) is 4.15. The van der Waals surface area contributed by atoms with Crippen molar-refractivity contribution in [1.29, 1.82) is 0 Å². The lowest BCUT2D eigenvalue weighted by molar-refractivity contribution is -0.119. The molecular formula is C24H19N5O2S. The molecule has 1 unspecified atom stereocenters. The van der Waals surface area contributed by atoms with Crippen molar-refractivity contribution in [3.63, 3.8) is 0 Å². The van der Waals surface area contributed by atoms with Crippen LogP contribution in [0.2, 0.25) is 0 Å². The summed E-state index contributed by atoms with van der Waals surface area (Å²) in [7, 11) is 0. The van der Waals surface area contributed by atoms with Crippen molar-refractivity contribution < 1.29 is 4.79 Å². The number of rotatable bonds is 5. The molecule has 0 aliphatic heterocycles. The number of hydrogen-bond acceptors (Lipinski definition) is 5. The van der Waals surface area contributed by atoms with Gasteiger partial charge in [0.2, 0.25) is 5.91 Å². The number of nitrogens with zero attached hydrogens (tertiary/aromatic N) is 4. The Hall–Kier alpha value is -4.04. The summed E-state index contributed by atoms with van der Waals surface area (Å²) in [6.45, 7) is 1.66. The first kappa shape index (κ1) is 19.9. The Kier molecular flexibility index (Phi) is 5.12. The normalized spacial score (nSPS) is 12.0. The van der Waals surface area contributed by atoms with Gasteiger partial charge in [-0.25, -0.2) is 9.67 Å². The molecule has 3 aromatic heterocycles. The van der Waals surface area contributed by atoms with Gasteiger partial charge in [0.15, 0.2) is 4.96 Å². The van der Waals surface area contributed by atoms with Crippen molar-refractivity contribution in [3.05, 3.63) is 94.9 Å². The summed E-state index contributed by atoms with van der Waals surface area (Å²) in [6, 6.07) is 19.3. The van der Waals surface area contributed by atoms with Crippen LogP contribution in [0, 0.1) is 0 Å². The largest absolute Gasteiger partial charge is 0.324 e. The van der Waals surface area contributed by atoms with Crippen LogP contribution in [0.3, 0.4) is 0 Å². The monoisotopic (exact) mass is 441 g/mol. The zero-order chi connectivity index (χ0) is 22.1. The van der Waals surface area contributed by atoms with Crippen LogP contribution in [-0.2, 0) is 4.79 Å². The first-order valence-electron chi connectivity index (χ1n) is 10.1. The van der Waals surface area contributed by atoms with Gasteiger partial charge in [-0.1, -0.05) is 42.5 Å². The molecule has 3 heterocycles. The molecule has 0 spiro atoms. The lowest BCUT2D eigenvalue weighted by Crippen LogP contribution is -2.33. The molecule has 0 fully saturated rings. The summed E-state index contributed by atoms with van der Waals surface area (Å²) >= 11 is 1.56. The number of anilines is 1. The van der Waals surface area contributed by atoms with Gasteiger partial charge in [-0.05, 0) is 25.1 Å². The molecule has 158 valence electrons. The minimum Gasteiger partial charge on any atom is -0.324 e. The summed E-state index contributed by atoms with van der Waals surface area (Å²) in [5.74, 6) is -0.326. The van der Waals surface area contributed by atoms with Gasteiger partial charge in [-0.2, -0.15) is 5.10 Å². The summed E-state index contributed by atoms with van der Waals surface area (Å²) < 4.78 is 3.18. The predicted molar refractivity (Wildman–Crippen MR) is 126 cm³/mol. The van der Waals surface area contributed by atoms with Gasteiger partial charge >= 0.3 is 0 Å². The van der Waals surface area contributed by atoms with Gasteiger partial charge in [0.1, 0.15) is 6.04 Å². The second-order valence-electron chi connectivity index (χ2n) is 7.33. The number of carbonyl (C=O) groups is 1. The summed E-state index contributed by atoms with van der Waals surface area (Å²) in [6.07, 6.45) is 3.91. The molecule has 0 saturated carbocycles. The molecule has 2 aromatic carbocycles. The lowest BCUT2D eigenvalue weighted by Gasteiger charge is -2.15. The van der Waals surface area contributed by atoms with Crippen molar-refractivity contribution in [3.8, 4) is 22.5 Å². The van der Waals surface area contributed by atoms with E-state index in [-0.39, 0.29) is 11.5 Å². The average molecular weight is 442 g/mol. The van der Waals surface area contributed by atoms with Crippen LogP contribution >= 0.6 is 11.3 Å². The molecule has 1 N–H and O–H groups in total. The maximum Gasteiger partial charge on any atom is 0.267 e. The molecule has 5 aromatic rings. The first-order valence-corrected chi connectivity index (χ1v) is 11.0. The predicted octanol–water partition coefficient (Wildman–Crippen LogP) is 4.49. The van der Waals surface area contributed by atoms with Crippen LogP contribution in [0.15, 0.2) is 89.3 Å². The third kappa shape index (κ3) is 3.83. The molecule has 32 heavy (non-hydrogen) atoms. The quantitative estimate of drug-likeness (QED) is 0.436. The van der Waals surface area contributed by atoms with E-state index in [2.05, 4.69) is 15.4 Å². The van der Waals surface area contributed by atoms with Crippen LogP contribution in [0.4, 0.5) is 5.69 Å². The molecule has 0 aliphatic rings. The SMILES string of the molecule is CC(C(=O)Nc1cccc(-c2cn3ccsc3n2)c1)n1nc(-c2ccccc2)ccc1=O. The summed E-state index contributed by atoms with van der Waals surface area (Å²) in [5.41, 5.74) is 3.53. The Balaban J connectivity index is 1.38. The summed E-state index contributed by atoms with van der Waals surface area (Å²) in [5, 5.41) is 9.29. The second kappa shape index (κ2) is 8.24. The third-order valence-electron chi connectivity index (χ3n) is 5.16. The molecule has 0 aliphatic carbocycles. The molecule has 5 rings (SSSR count). The van der Waals surface area contributed by atoms with E-state index in [1.807, 2.05) is 76.8 Å². The van der Waals surface area contributed by atoms with Gasteiger partial charge in [0, 0.05) is 40.7 Å². The molecule has 0 saturated heterocycles. The van der Waals surface area contributed by atoms with Crippen molar-refractivity contribution in [2.75, 3.05) is 5.32 Å². The molecule has 0 radical (unpaired) electrons. The number of hydrogen-bond donors (Lipinski definition) is 1. The molecule has 0 bridgehead atoms. The minimum atomic E-state index is -0.784. The van der Waals surface area contributed by atoms with Crippen molar-refractivity contribution in [1.82, 2.24) is 19.2 Å². The standard InChI is InChI=1S/C24H19N5O2S/c1-16(29-22(30)11-10-20(27-29)17-6-3-2-4-7-17)23(31)25-19-9-5-8-18(14-19)21-15-28-12-13-32-24(28)26-21/h2-16H,1H3,(H,25,31). The number of carbonyl (C=O) groups excluding carboxylic acids is 1. The van der Waals surface area contributed by atoms with E-state index in [0.717, 1.165) is 21.8 Å². The van der Waals surface area contributed by atoms with Crippen molar-refractivity contribution in [2.24, 2.45) is 0 Å². The van der Waals surface area contributed by atoms with Gasteiger partial charge in [-0.3, -0.25) is 14.0 Å². The van der Waals surface area contributed by atoms with E-state index >= 15 is 0 Å². The maximum absolute atomic E-state index is 12.9. The Bertz CT molecular complexity index is 1440. The third-order valence-corrected chi connectivity index (χ3v) is 5.93. The smallest absolute Gasteiger partial charge is 0.267 e. The van der Waals surface area contributed by atoms with Crippen molar-refractivity contribution >= 4 is 27.9 Å². The van der Waals surface area contributed by atoms with E-state index in [4.69, 9.17) is 0 Å².